The zero-order valence-corrected chi connectivity index (χ0v) is 36.2. The van der Waals surface area contributed by atoms with E-state index in [2.05, 4.69) is 10.3 Å². The lowest BCUT2D eigenvalue weighted by Crippen LogP contribution is -2.62. The van der Waals surface area contributed by atoms with Gasteiger partial charge in [0.1, 0.15) is 23.6 Å². The van der Waals surface area contributed by atoms with Crippen molar-refractivity contribution in [3.8, 4) is 5.75 Å². The molecule has 3 aromatic rings. The van der Waals surface area contributed by atoms with Gasteiger partial charge in [0.15, 0.2) is 12.4 Å². The number of anilines is 1. The van der Waals surface area contributed by atoms with E-state index in [1.165, 1.54) is 13.8 Å². The number of ether oxygens (including phenoxy) is 4. The molecular weight excluding hydrogens is 757 g/mol. The van der Waals surface area contributed by atoms with Crippen LogP contribution in [0.5, 0.6) is 5.75 Å². The second-order valence-electron chi connectivity index (χ2n) is 17.4. The number of carbonyl (C=O) groups is 2. The Morgan fingerprint density at radius 3 is 2.37 bits per heavy atom. The Balaban J connectivity index is 1.55. The lowest BCUT2D eigenvalue weighted by atomic mass is 9.78. The average Bonchev–Trinajstić information content (AvgIpc) is 3.22. The molecule has 2 fully saturated rings. The number of aromatic nitrogens is 1. The van der Waals surface area contributed by atoms with Crippen LogP contribution in [0.2, 0.25) is 0 Å². The fourth-order valence-corrected chi connectivity index (χ4v) is 8.77. The first-order chi connectivity index (χ1) is 27.8. The number of hydrogen-bond acceptors (Lipinski definition) is 12. The van der Waals surface area contributed by atoms with E-state index in [0.717, 1.165) is 10.9 Å². The van der Waals surface area contributed by atoms with Crippen LogP contribution in [0.25, 0.3) is 10.9 Å². The van der Waals surface area contributed by atoms with E-state index in [1.807, 2.05) is 68.4 Å². The minimum Gasteiger partial charge on any atom is -0.483 e. The Morgan fingerprint density at radius 2 is 1.69 bits per heavy atom. The van der Waals surface area contributed by atoms with Crippen molar-refractivity contribution in [2.24, 2.45) is 17.8 Å². The minimum absolute atomic E-state index is 0.173. The molecule has 0 unspecified atom stereocenters. The van der Waals surface area contributed by atoms with Gasteiger partial charge in [-0.05, 0) is 103 Å². The Bertz CT molecular complexity index is 1850. The molecule has 14 heteroatoms. The Hall–Kier alpha value is -3.89. The topological polar surface area (TPSA) is 183 Å². The quantitative estimate of drug-likeness (QED) is 0.204. The fraction of sp³-hybridized carbons (Fsp3) is 0.622. The molecule has 14 nitrogen and oxygen atoms in total. The monoisotopic (exact) mass is 822 g/mol. The van der Waals surface area contributed by atoms with Crippen LogP contribution in [0.3, 0.4) is 0 Å². The summed E-state index contributed by atoms with van der Waals surface area (Å²) >= 11 is 0. The number of pyridine rings is 1. The summed E-state index contributed by atoms with van der Waals surface area (Å²) in [5.41, 5.74) is -1.95. The van der Waals surface area contributed by atoms with Gasteiger partial charge in [-0.25, -0.2) is 4.79 Å². The summed E-state index contributed by atoms with van der Waals surface area (Å²) in [6.45, 7) is 14.0. The van der Waals surface area contributed by atoms with Gasteiger partial charge < -0.3 is 49.6 Å². The molecule has 2 aliphatic rings. The van der Waals surface area contributed by atoms with Gasteiger partial charge >= 0.3 is 12.0 Å². The van der Waals surface area contributed by atoms with Crippen molar-refractivity contribution in [3.05, 3.63) is 66.9 Å². The highest BCUT2D eigenvalue weighted by molar-refractivity contribution is 5.91. The molecule has 2 saturated heterocycles. The molecule has 3 heterocycles. The smallest absolute Gasteiger partial charge is 0.324 e. The van der Waals surface area contributed by atoms with Gasteiger partial charge in [0.25, 0.3) is 0 Å². The molecule has 0 saturated carbocycles. The van der Waals surface area contributed by atoms with Gasteiger partial charge in [0.2, 0.25) is 0 Å². The second-order valence-corrected chi connectivity index (χ2v) is 17.4. The number of carbonyl (C=O) groups excluding carboxylic acids is 2. The SMILES string of the molecule is CC[C@H]1OC(=O)[C@H](C)[C@@H](O)[C@H](C)[C@@H](O[C@@H]2O[C@H](C)C[C@H](N(C)C(=O)N(C)c3ccccc3)[C@H]2Oc2ccc3ncccc3c2)[C@](C)(O)C[C@@H](C)CN[C@H](C)[C@@H](O)[C@]1(C)O. The van der Waals surface area contributed by atoms with Crippen LogP contribution < -0.4 is 15.0 Å². The summed E-state index contributed by atoms with van der Waals surface area (Å²) in [4.78, 5) is 35.5. The highest BCUT2D eigenvalue weighted by Crippen LogP contribution is 2.38. The van der Waals surface area contributed by atoms with Gasteiger partial charge in [-0.2, -0.15) is 0 Å². The first-order valence-corrected chi connectivity index (χ1v) is 20.9. The van der Waals surface area contributed by atoms with Crippen molar-refractivity contribution in [2.45, 2.75) is 141 Å². The summed E-state index contributed by atoms with van der Waals surface area (Å²) in [5, 5.41) is 51.3. The molecule has 0 spiro atoms. The zero-order valence-electron chi connectivity index (χ0n) is 36.2. The van der Waals surface area contributed by atoms with Crippen molar-refractivity contribution in [1.82, 2.24) is 15.2 Å². The largest absolute Gasteiger partial charge is 0.483 e. The summed E-state index contributed by atoms with van der Waals surface area (Å²) < 4.78 is 26.1. The Labute approximate surface area is 348 Å². The third kappa shape index (κ3) is 10.5. The fourth-order valence-electron chi connectivity index (χ4n) is 8.77. The molecule has 5 N–H and O–H groups in total. The third-order valence-corrected chi connectivity index (χ3v) is 12.4. The number of nitrogens with zero attached hydrogens (tertiary/aromatic N) is 3. The molecule has 0 bridgehead atoms. The number of aliphatic hydroxyl groups excluding tert-OH is 2. The van der Waals surface area contributed by atoms with E-state index in [4.69, 9.17) is 18.9 Å². The predicted octanol–water partition coefficient (Wildman–Crippen LogP) is 4.89. The van der Waals surface area contributed by atoms with Crippen molar-refractivity contribution in [1.29, 1.82) is 0 Å². The highest BCUT2D eigenvalue weighted by Gasteiger charge is 2.51. The van der Waals surface area contributed by atoms with Gasteiger partial charge in [-0.1, -0.05) is 45.0 Å². The number of urea groups is 1. The molecule has 326 valence electrons. The molecule has 5 rings (SSSR count). The maximum Gasteiger partial charge on any atom is 0.324 e. The van der Waals surface area contributed by atoms with Crippen LogP contribution in [-0.4, -0.2) is 129 Å². The van der Waals surface area contributed by atoms with Gasteiger partial charge in [-0.15, -0.1) is 0 Å². The molecular formula is C45H66N4O10. The third-order valence-electron chi connectivity index (χ3n) is 12.4. The van der Waals surface area contributed by atoms with Gasteiger partial charge in [-0.3, -0.25) is 14.7 Å². The number of cyclic esters (lactones) is 1. The molecule has 2 aliphatic heterocycles. The molecule has 0 aliphatic carbocycles. The summed E-state index contributed by atoms with van der Waals surface area (Å²) in [6.07, 6.45) is -4.98. The number of nitrogens with one attached hydrogen (secondary N) is 1. The molecule has 2 amide bonds. The number of hydrogen-bond donors (Lipinski definition) is 5. The van der Waals surface area contributed by atoms with E-state index in [9.17, 15) is 30.0 Å². The van der Waals surface area contributed by atoms with Crippen molar-refractivity contribution >= 4 is 28.6 Å². The number of benzene rings is 2. The normalized spacial score (nSPS) is 36.5. The first-order valence-electron chi connectivity index (χ1n) is 20.9. The molecule has 59 heavy (non-hydrogen) atoms. The van der Waals surface area contributed by atoms with Crippen LogP contribution in [0, 0.1) is 17.8 Å². The summed E-state index contributed by atoms with van der Waals surface area (Å²) in [7, 11) is 3.43. The van der Waals surface area contributed by atoms with Crippen LogP contribution in [0.1, 0.15) is 74.7 Å². The number of fused-ring (bicyclic) bond motifs is 1. The van der Waals surface area contributed by atoms with Crippen LogP contribution in [0.15, 0.2) is 66.9 Å². The van der Waals surface area contributed by atoms with Crippen molar-refractivity contribution < 1.29 is 49.0 Å². The summed E-state index contributed by atoms with van der Waals surface area (Å²) in [5.74, 6) is -2.50. The van der Waals surface area contributed by atoms with Crippen molar-refractivity contribution in [3.63, 3.8) is 0 Å². The highest BCUT2D eigenvalue weighted by atomic mass is 16.7. The molecule has 14 atom stereocenters. The maximum atomic E-state index is 14.2. The van der Waals surface area contributed by atoms with Gasteiger partial charge in [0.05, 0.1) is 41.4 Å². The zero-order chi connectivity index (χ0) is 43.4. The Kier molecular flexibility index (Phi) is 15.0. The lowest BCUT2D eigenvalue weighted by Gasteiger charge is -2.48. The van der Waals surface area contributed by atoms with E-state index >= 15 is 0 Å². The number of aliphatic hydroxyl groups is 4. The molecule has 1 aromatic heterocycles. The minimum atomic E-state index is -1.81. The lowest BCUT2D eigenvalue weighted by molar-refractivity contribution is -0.293. The number of likely N-dealkylation sites (N-methyl/N-ethyl adjacent to an activating group) is 1. The summed E-state index contributed by atoms with van der Waals surface area (Å²) in [6, 6.07) is 17.1. The van der Waals surface area contributed by atoms with E-state index in [0.29, 0.717) is 24.4 Å². The van der Waals surface area contributed by atoms with E-state index in [1.54, 1.807) is 63.9 Å². The van der Waals surface area contributed by atoms with Crippen molar-refractivity contribution in [2.75, 3.05) is 25.5 Å². The number of para-hydroxylation sites is 1. The van der Waals surface area contributed by atoms with Crippen LogP contribution in [0.4, 0.5) is 10.5 Å². The predicted molar refractivity (Wildman–Crippen MR) is 225 cm³/mol. The van der Waals surface area contributed by atoms with E-state index < -0.39 is 84.0 Å². The Morgan fingerprint density at radius 1 is 1.00 bits per heavy atom. The number of rotatable bonds is 7. The van der Waals surface area contributed by atoms with Gasteiger partial charge in [0, 0.05) is 43.3 Å². The van der Waals surface area contributed by atoms with Crippen LogP contribution >= 0.6 is 0 Å². The second kappa shape index (κ2) is 19.2. The average molecular weight is 823 g/mol. The maximum absolute atomic E-state index is 14.2. The number of amides is 2. The molecule has 2 aromatic carbocycles. The standard InChI is InChI=1S/C45H66N4O10/c1-11-36-45(8,55)39(51)30(6)47-25-26(2)24-44(7,54)40(28(4)37(50)29(5)41(52)58-36)59-42-38(57-33-19-20-34-31(23-33)16-15-21-46-34)35(22-27(3)56-42)49(10)43(53)48(9)32-17-13-12-14-18-32/h12-21,23,26-30,35-40,42,47,50-51,54-55H,11,22,24-25H2,1-10H3/t26-,27-,28+,29-,30-,35+,36-,37+,38-,39-,40-,42+,44-,45-/m1/s1. The number of esters is 1. The first kappa shape index (κ1) is 46.2. The molecule has 0 radical (unpaired) electrons. The van der Waals surface area contributed by atoms with Crippen LogP contribution in [-0.2, 0) is 19.0 Å². The van der Waals surface area contributed by atoms with E-state index in [-0.39, 0.29) is 24.8 Å².